The molecule has 3 aromatic rings. The van der Waals surface area contributed by atoms with E-state index >= 15 is 0 Å². The van der Waals surface area contributed by atoms with Gasteiger partial charge in [0.15, 0.2) is 5.13 Å². The maximum atomic E-state index is 6.35. The molecule has 1 N–H and O–H groups in total. The minimum Gasteiger partial charge on any atom is -0.437 e. The molecule has 1 saturated heterocycles. The third-order valence-corrected chi connectivity index (χ3v) is 6.91. The van der Waals surface area contributed by atoms with Gasteiger partial charge in [0.1, 0.15) is 16.4 Å². The lowest BCUT2D eigenvalue weighted by atomic mass is 9.86. The summed E-state index contributed by atoms with van der Waals surface area (Å²) in [7, 11) is 0. The summed E-state index contributed by atoms with van der Waals surface area (Å²) in [5, 5.41) is 5.73. The van der Waals surface area contributed by atoms with Crippen LogP contribution in [0.15, 0.2) is 42.6 Å². The minimum atomic E-state index is -0.0244. The van der Waals surface area contributed by atoms with E-state index in [1.807, 2.05) is 24.3 Å². The molecule has 1 fully saturated rings. The van der Waals surface area contributed by atoms with Crippen molar-refractivity contribution in [1.82, 2.24) is 9.97 Å². The van der Waals surface area contributed by atoms with Crippen molar-refractivity contribution in [1.29, 1.82) is 0 Å². The number of anilines is 3. The third kappa shape index (κ3) is 5.85. The first-order chi connectivity index (χ1) is 15.8. The SMILES string of the molecule is CC(C)Cc1nc(Nc2cccnc2Oc2ccccc2C(C)(C)C)sc1N1CCCCC1. The molecule has 0 unspecified atom stereocenters. The van der Waals surface area contributed by atoms with Crippen LogP contribution in [0.25, 0.3) is 0 Å². The minimum absolute atomic E-state index is 0.0244. The topological polar surface area (TPSA) is 50.3 Å². The predicted molar refractivity (Wildman–Crippen MR) is 139 cm³/mol. The molecule has 0 radical (unpaired) electrons. The zero-order chi connectivity index (χ0) is 23.4. The Morgan fingerprint density at radius 3 is 2.55 bits per heavy atom. The molecular formula is C27H36N4OS. The maximum absolute atomic E-state index is 6.35. The molecule has 4 rings (SSSR count). The summed E-state index contributed by atoms with van der Waals surface area (Å²) in [6.45, 7) is 13.3. The highest BCUT2D eigenvalue weighted by Crippen LogP contribution is 2.39. The molecule has 0 spiro atoms. The molecule has 0 atom stereocenters. The number of piperidine rings is 1. The first-order valence-electron chi connectivity index (χ1n) is 12.1. The summed E-state index contributed by atoms with van der Waals surface area (Å²) in [6.07, 6.45) is 6.60. The van der Waals surface area contributed by atoms with Gasteiger partial charge >= 0.3 is 0 Å². The summed E-state index contributed by atoms with van der Waals surface area (Å²) in [5.74, 6) is 1.96. The second-order valence-corrected chi connectivity index (χ2v) is 11.2. The lowest BCUT2D eigenvalue weighted by Crippen LogP contribution is -2.29. The van der Waals surface area contributed by atoms with E-state index in [-0.39, 0.29) is 5.41 Å². The van der Waals surface area contributed by atoms with E-state index < -0.39 is 0 Å². The van der Waals surface area contributed by atoms with Crippen LogP contribution in [0.2, 0.25) is 0 Å². The van der Waals surface area contributed by atoms with Gasteiger partial charge in [0.25, 0.3) is 0 Å². The first-order valence-corrected chi connectivity index (χ1v) is 12.9. The largest absolute Gasteiger partial charge is 0.437 e. The van der Waals surface area contributed by atoms with E-state index in [1.54, 1.807) is 17.5 Å². The Kier molecular flexibility index (Phi) is 7.23. The number of hydrogen-bond donors (Lipinski definition) is 1. The number of ether oxygens (including phenoxy) is 1. The molecule has 0 bridgehead atoms. The van der Waals surface area contributed by atoms with E-state index in [0.29, 0.717) is 11.8 Å². The van der Waals surface area contributed by atoms with Crippen LogP contribution in [0.1, 0.15) is 65.1 Å². The van der Waals surface area contributed by atoms with Gasteiger partial charge in [0.05, 0.1) is 5.69 Å². The average molecular weight is 465 g/mol. The Morgan fingerprint density at radius 1 is 1.06 bits per heavy atom. The van der Waals surface area contributed by atoms with Crippen molar-refractivity contribution in [3.63, 3.8) is 0 Å². The molecular weight excluding hydrogens is 428 g/mol. The van der Waals surface area contributed by atoms with Crippen LogP contribution in [0, 0.1) is 5.92 Å². The fourth-order valence-electron chi connectivity index (χ4n) is 4.22. The van der Waals surface area contributed by atoms with Crippen LogP contribution in [0.4, 0.5) is 15.8 Å². The standard InChI is InChI=1S/C27H36N4OS/c1-19(2)18-22-25(31-16-9-6-10-17-31)33-26(30-22)29-21-13-11-15-28-24(21)32-23-14-8-7-12-20(23)27(3,4)5/h7-8,11-15,19H,6,9-10,16-18H2,1-5H3,(H,29,30). The molecule has 0 aliphatic carbocycles. The fraction of sp³-hybridized carbons (Fsp3) is 0.481. The fourth-order valence-corrected chi connectivity index (χ4v) is 5.28. The van der Waals surface area contributed by atoms with E-state index in [9.17, 15) is 0 Å². The summed E-state index contributed by atoms with van der Waals surface area (Å²) in [6, 6.07) is 12.1. The van der Waals surface area contributed by atoms with Crippen molar-refractivity contribution < 1.29 is 4.74 Å². The van der Waals surface area contributed by atoms with Gasteiger partial charge < -0.3 is 15.0 Å². The zero-order valence-electron chi connectivity index (χ0n) is 20.5. The number of nitrogens with zero attached hydrogens (tertiary/aromatic N) is 3. The van der Waals surface area contributed by atoms with Gasteiger partial charge in [-0.2, -0.15) is 0 Å². The maximum Gasteiger partial charge on any atom is 0.243 e. The van der Waals surface area contributed by atoms with Crippen molar-refractivity contribution in [3.05, 3.63) is 53.9 Å². The molecule has 2 aromatic heterocycles. The molecule has 1 aromatic carbocycles. The quantitative estimate of drug-likeness (QED) is 0.391. The Morgan fingerprint density at radius 2 is 1.82 bits per heavy atom. The van der Waals surface area contributed by atoms with E-state index in [0.717, 1.165) is 41.6 Å². The molecule has 176 valence electrons. The number of nitrogens with one attached hydrogen (secondary N) is 1. The van der Waals surface area contributed by atoms with Crippen molar-refractivity contribution in [2.75, 3.05) is 23.3 Å². The molecule has 33 heavy (non-hydrogen) atoms. The Balaban J connectivity index is 1.62. The second-order valence-electron chi connectivity index (χ2n) is 10.2. The summed E-state index contributed by atoms with van der Waals surface area (Å²) >= 11 is 1.75. The number of pyridine rings is 1. The lowest BCUT2D eigenvalue weighted by molar-refractivity contribution is 0.442. The highest BCUT2D eigenvalue weighted by Gasteiger charge is 2.22. The molecule has 3 heterocycles. The molecule has 1 aliphatic heterocycles. The number of aromatic nitrogens is 2. The zero-order valence-corrected chi connectivity index (χ0v) is 21.3. The van der Waals surface area contributed by atoms with E-state index in [2.05, 4.69) is 62.0 Å². The Labute approximate surface area is 202 Å². The lowest BCUT2D eigenvalue weighted by Gasteiger charge is -2.28. The summed E-state index contributed by atoms with van der Waals surface area (Å²) in [5.41, 5.74) is 3.16. The molecule has 6 heteroatoms. The summed E-state index contributed by atoms with van der Waals surface area (Å²) < 4.78 is 6.35. The van der Waals surface area contributed by atoms with E-state index in [4.69, 9.17) is 9.72 Å². The van der Waals surface area contributed by atoms with Crippen molar-refractivity contribution in [2.24, 2.45) is 5.92 Å². The van der Waals surface area contributed by atoms with Gasteiger partial charge in [-0.1, -0.05) is 64.2 Å². The van der Waals surface area contributed by atoms with Crippen molar-refractivity contribution in [2.45, 2.75) is 65.7 Å². The smallest absolute Gasteiger partial charge is 0.243 e. The highest BCUT2D eigenvalue weighted by molar-refractivity contribution is 7.19. The van der Waals surface area contributed by atoms with Crippen LogP contribution < -0.4 is 15.0 Å². The Bertz CT molecular complexity index is 1060. The van der Waals surface area contributed by atoms with Crippen LogP contribution in [-0.2, 0) is 11.8 Å². The number of thiazole rings is 1. The van der Waals surface area contributed by atoms with Crippen molar-refractivity contribution >= 4 is 27.2 Å². The number of hydrogen-bond acceptors (Lipinski definition) is 6. The third-order valence-electron chi connectivity index (χ3n) is 5.84. The molecule has 0 saturated carbocycles. The summed E-state index contributed by atoms with van der Waals surface area (Å²) in [4.78, 5) is 12.1. The van der Waals surface area contributed by atoms with Crippen molar-refractivity contribution in [3.8, 4) is 11.6 Å². The van der Waals surface area contributed by atoms with Crippen LogP contribution in [0.5, 0.6) is 11.6 Å². The van der Waals surface area contributed by atoms with Gasteiger partial charge in [0.2, 0.25) is 5.88 Å². The first kappa shape index (κ1) is 23.6. The van der Waals surface area contributed by atoms with Gasteiger partial charge in [-0.25, -0.2) is 9.97 Å². The van der Waals surface area contributed by atoms with E-state index in [1.165, 1.54) is 30.0 Å². The molecule has 5 nitrogen and oxygen atoms in total. The second kappa shape index (κ2) is 10.1. The van der Waals surface area contributed by atoms with Gasteiger partial charge in [-0.3, -0.25) is 0 Å². The van der Waals surface area contributed by atoms with Crippen LogP contribution in [0.3, 0.4) is 0 Å². The Hall–Kier alpha value is -2.60. The van der Waals surface area contributed by atoms with Crippen LogP contribution >= 0.6 is 11.3 Å². The van der Waals surface area contributed by atoms with Gasteiger partial charge in [-0.05, 0) is 55.2 Å². The average Bonchev–Trinajstić information content (AvgIpc) is 3.17. The molecule has 0 amide bonds. The predicted octanol–water partition coefficient (Wildman–Crippen LogP) is 7.56. The highest BCUT2D eigenvalue weighted by atomic mass is 32.1. The number of para-hydroxylation sites is 1. The molecule has 1 aliphatic rings. The monoisotopic (exact) mass is 464 g/mol. The van der Waals surface area contributed by atoms with Gasteiger partial charge in [0, 0.05) is 24.8 Å². The number of benzene rings is 1. The van der Waals surface area contributed by atoms with Gasteiger partial charge in [-0.15, -0.1) is 0 Å². The normalized spacial score (nSPS) is 14.5. The van der Waals surface area contributed by atoms with Crippen LogP contribution in [-0.4, -0.2) is 23.1 Å². The number of rotatable bonds is 7.